The molecule has 2 aromatic heterocycles. The normalized spacial score (nSPS) is 12.8. The minimum absolute atomic E-state index is 0.162. The van der Waals surface area contributed by atoms with Crippen molar-refractivity contribution in [1.29, 1.82) is 0 Å². The number of nitrogens with zero attached hydrogens (tertiary/aromatic N) is 4. The zero-order valence-electron chi connectivity index (χ0n) is 30.1. The summed E-state index contributed by atoms with van der Waals surface area (Å²) < 4.78 is 12.9. The molecule has 0 radical (unpaired) electrons. The molecule has 11 nitrogen and oxygen atoms in total. The second-order valence-electron chi connectivity index (χ2n) is 12.5. The number of amides is 1. The molecule has 0 saturated carbocycles. The number of benzene rings is 2. The highest BCUT2D eigenvalue weighted by atomic mass is 32.1. The van der Waals surface area contributed by atoms with Gasteiger partial charge in [0.1, 0.15) is 11.4 Å². The van der Waals surface area contributed by atoms with Gasteiger partial charge in [-0.1, -0.05) is 58.2 Å². The summed E-state index contributed by atoms with van der Waals surface area (Å²) in [7, 11) is 0. The number of aromatic nitrogens is 3. The fourth-order valence-electron chi connectivity index (χ4n) is 5.62. The number of H-pyrrole nitrogens is 1. The number of aryl methyl sites for hydroxylation is 2. The van der Waals surface area contributed by atoms with Gasteiger partial charge in [0, 0.05) is 36.3 Å². The Morgan fingerprint density at radius 1 is 1.02 bits per heavy atom. The first-order valence-corrected chi connectivity index (χ1v) is 18.7. The van der Waals surface area contributed by atoms with E-state index in [4.69, 9.17) is 9.47 Å². The smallest absolute Gasteiger partial charge is 0.301 e. The third-order valence-electron chi connectivity index (χ3n) is 8.65. The quantitative estimate of drug-likeness (QED) is 0.0586. The van der Waals surface area contributed by atoms with Crippen molar-refractivity contribution in [3.05, 3.63) is 75.0 Å². The minimum Gasteiger partial charge on any atom is -0.492 e. The molecule has 3 N–H and O–H groups in total. The lowest BCUT2D eigenvalue weighted by molar-refractivity contribution is -0.0104. The Bertz CT molecular complexity index is 1740. The first-order chi connectivity index (χ1) is 24.2. The summed E-state index contributed by atoms with van der Waals surface area (Å²) in [5, 5.41) is 27.6. The number of hydrogen-bond acceptors (Lipinski definition) is 9. The number of hydrogen-bond donors (Lipinski definition) is 3. The Morgan fingerprint density at radius 3 is 2.54 bits per heavy atom. The van der Waals surface area contributed by atoms with Crippen LogP contribution in [0.15, 0.2) is 62.9 Å². The van der Waals surface area contributed by atoms with Gasteiger partial charge in [-0.2, -0.15) is 4.68 Å². The highest BCUT2D eigenvalue weighted by Crippen LogP contribution is 2.31. The second-order valence-corrected chi connectivity index (χ2v) is 13.3. The van der Waals surface area contributed by atoms with Gasteiger partial charge in [0.15, 0.2) is 5.69 Å². The van der Waals surface area contributed by atoms with Gasteiger partial charge in [-0.15, -0.1) is 21.6 Å². The number of azo groups is 1. The van der Waals surface area contributed by atoms with Crippen molar-refractivity contribution in [2.24, 2.45) is 10.2 Å². The van der Waals surface area contributed by atoms with Gasteiger partial charge in [0.2, 0.25) is 5.13 Å². The van der Waals surface area contributed by atoms with Gasteiger partial charge in [-0.05, 0) is 82.2 Å². The van der Waals surface area contributed by atoms with E-state index in [9.17, 15) is 14.7 Å². The third kappa shape index (κ3) is 10.7. The summed E-state index contributed by atoms with van der Waals surface area (Å²) in [6.45, 7) is 12.0. The summed E-state index contributed by atoms with van der Waals surface area (Å²) in [5.41, 5.74) is 3.59. The van der Waals surface area contributed by atoms with E-state index in [1.54, 1.807) is 19.1 Å². The molecule has 0 aliphatic rings. The molecule has 0 aliphatic carbocycles. The van der Waals surface area contributed by atoms with Gasteiger partial charge in [-0.25, -0.2) is 4.98 Å². The van der Waals surface area contributed by atoms with Crippen LogP contribution in [-0.4, -0.2) is 57.7 Å². The molecule has 2 aromatic carbocycles. The lowest BCUT2D eigenvalue weighted by atomic mass is 9.92. The molecule has 1 atom stereocenters. The number of rotatable bonds is 21. The van der Waals surface area contributed by atoms with E-state index in [1.807, 2.05) is 49.6 Å². The van der Waals surface area contributed by atoms with Gasteiger partial charge in [0.05, 0.1) is 23.6 Å². The number of carbonyl (C=O) groups excluding carboxylic acids is 1. The van der Waals surface area contributed by atoms with Crippen LogP contribution in [0.1, 0.15) is 101 Å². The molecule has 0 saturated heterocycles. The number of carbonyl (C=O) groups is 1. The molecule has 50 heavy (non-hydrogen) atoms. The van der Waals surface area contributed by atoms with E-state index in [1.165, 1.54) is 34.4 Å². The molecule has 4 rings (SSSR count). The van der Waals surface area contributed by atoms with E-state index < -0.39 is 5.60 Å². The largest absolute Gasteiger partial charge is 0.492 e. The zero-order valence-corrected chi connectivity index (χ0v) is 30.9. The number of aliphatic hydroxyl groups is 1. The molecule has 1 unspecified atom stereocenters. The zero-order chi connectivity index (χ0) is 35.9. The van der Waals surface area contributed by atoms with Crippen LogP contribution in [0.2, 0.25) is 0 Å². The summed E-state index contributed by atoms with van der Waals surface area (Å²) in [6.07, 6.45) is 8.19. The average Bonchev–Trinajstić information content (AvgIpc) is 3.72. The van der Waals surface area contributed by atoms with E-state index in [-0.39, 0.29) is 17.2 Å². The van der Waals surface area contributed by atoms with Gasteiger partial charge in [0.25, 0.3) is 5.91 Å². The fraction of sp³-hybridized carbons (Fsp3) is 0.500. The molecule has 1 amide bonds. The van der Waals surface area contributed by atoms with E-state index in [0.29, 0.717) is 72.7 Å². The van der Waals surface area contributed by atoms with Crippen LogP contribution < -0.4 is 15.6 Å². The van der Waals surface area contributed by atoms with Crippen LogP contribution in [0.25, 0.3) is 16.4 Å². The van der Waals surface area contributed by atoms with Crippen molar-refractivity contribution in [2.45, 2.75) is 98.0 Å². The number of unbranched alkanes of at least 4 members (excludes halogenated alkanes) is 2. The molecular formula is C38H52N6O5S. The predicted octanol–water partition coefficient (Wildman–Crippen LogP) is 8.61. The lowest BCUT2D eigenvalue weighted by Crippen LogP contribution is -2.29. The molecule has 4 aromatic rings. The SMILES string of the molecule is CCCCCc1ccc(N=Nc2c(C)[nH]n(-c3nc(-c4ccc(C(=O)NCCCOCCC(O)(CC)CCC)cc4)cs3)c2=O)c(OCC)c1. The number of aromatic amines is 1. The highest BCUT2D eigenvalue weighted by Gasteiger charge is 2.23. The molecule has 270 valence electrons. The maximum atomic E-state index is 13.4. The first kappa shape index (κ1) is 38.7. The Kier molecular flexibility index (Phi) is 14.9. The highest BCUT2D eigenvalue weighted by molar-refractivity contribution is 7.12. The topological polar surface area (TPSA) is 143 Å². The van der Waals surface area contributed by atoms with E-state index >= 15 is 0 Å². The van der Waals surface area contributed by atoms with Crippen LogP contribution in [0, 0.1) is 6.92 Å². The maximum absolute atomic E-state index is 13.4. The standard InChI is InChI=1S/C38H52N6O5S/c1-6-10-11-13-28-14-19-31(33(25-28)49-9-4)41-42-34-27(5)43-44(36(34)46)37-40-32(26-50-37)29-15-17-30(18-16-29)35(45)39-22-12-23-48-24-21-38(47,8-3)20-7-2/h14-19,25-26,43,47H,6-13,20-24H2,1-5H3,(H,39,45). The van der Waals surface area contributed by atoms with Crippen molar-refractivity contribution in [3.63, 3.8) is 0 Å². The van der Waals surface area contributed by atoms with Crippen molar-refractivity contribution in [1.82, 2.24) is 20.1 Å². The van der Waals surface area contributed by atoms with Crippen molar-refractivity contribution in [3.8, 4) is 22.1 Å². The van der Waals surface area contributed by atoms with Gasteiger partial charge in [-0.3, -0.25) is 14.7 Å². The van der Waals surface area contributed by atoms with Crippen molar-refractivity contribution >= 4 is 28.6 Å². The Labute approximate surface area is 299 Å². The molecule has 0 bridgehead atoms. The van der Waals surface area contributed by atoms with E-state index in [0.717, 1.165) is 37.7 Å². The van der Waals surface area contributed by atoms with Crippen LogP contribution in [0.4, 0.5) is 11.4 Å². The fourth-order valence-corrected chi connectivity index (χ4v) is 6.41. The monoisotopic (exact) mass is 704 g/mol. The first-order valence-electron chi connectivity index (χ1n) is 17.9. The molecule has 12 heteroatoms. The molecule has 0 aliphatic heterocycles. The number of nitrogens with one attached hydrogen (secondary N) is 2. The van der Waals surface area contributed by atoms with Crippen LogP contribution >= 0.6 is 11.3 Å². The van der Waals surface area contributed by atoms with Crippen LogP contribution in [0.5, 0.6) is 5.75 Å². The van der Waals surface area contributed by atoms with Crippen LogP contribution in [0.3, 0.4) is 0 Å². The second kappa shape index (κ2) is 19.3. The van der Waals surface area contributed by atoms with Crippen molar-refractivity contribution < 1.29 is 19.4 Å². The molecule has 0 fully saturated rings. The predicted molar refractivity (Wildman–Crippen MR) is 200 cm³/mol. The van der Waals surface area contributed by atoms with E-state index in [2.05, 4.69) is 39.5 Å². The molecule has 2 heterocycles. The summed E-state index contributed by atoms with van der Waals surface area (Å²) in [6, 6.07) is 13.1. The van der Waals surface area contributed by atoms with Gasteiger partial charge < -0.3 is 19.9 Å². The summed E-state index contributed by atoms with van der Waals surface area (Å²) >= 11 is 1.32. The molecular weight excluding hydrogens is 653 g/mol. The summed E-state index contributed by atoms with van der Waals surface area (Å²) in [4.78, 5) is 30.7. The number of thiazole rings is 1. The average molecular weight is 705 g/mol. The third-order valence-corrected chi connectivity index (χ3v) is 9.48. The Morgan fingerprint density at radius 2 is 1.82 bits per heavy atom. The maximum Gasteiger partial charge on any atom is 0.301 e. The van der Waals surface area contributed by atoms with Crippen LogP contribution in [-0.2, 0) is 11.2 Å². The number of ether oxygens (including phenoxy) is 2. The summed E-state index contributed by atoms with van der Waals surface area (Å²) in [5.74, 6) is 0.488. The minimum atomic E-state index is -0.652. The van der Waals surface area contributed by atoms with Crippen molar-refractivity contribution in [2.75, 3.05) is 26.4 Å². The Hall–Kier alpha value is -4.13. The Balaban J connectivity index is 1.33. The van der Waals surface area contributed by atoms with Gasteiger partial charge >= 0.3 is 5.56 Å². The molecule has 0 spiro atoms. The lowest BCUT2D eigenvalue weighted by Gasteiger charge is -2.26.